The van der Waals surface area contributed by atoms with Gasteiger partial charge in [0.05, 0.1) is 0 Å². The number of nitrogens with zero attached hydrogens (tertiary/aromatic N) is 2. The van der Waals surface area contributed by atoms with E-state index in [-0.39, 0.29) is 5.91 Å². The second kappa shape index (κ2) is 8.05. The Morgan fingerprint density at radius 3 is 2.60 bits per heavy atom. The zero-order valence-electron chi connectivity index (χ0n) is 16.8. The van der Waals surface area contributed by atoms with Crippen molar-refractivity contribution in [3.8, 4) is 16.3 Å². The highest BCUT2D eigenvalue weighted by Gasteiger charge is 2.30. The molecule has 30 heavy (non-hydrogen) atoms. The van der Waals surface area contributed by atoms with E-state index in [1.807, 2.05) is 37.3 Å². The highest BCUT2D eigenvalue weighted by Crippen LogP contribution is 2.34. The number of fused-ring (bicyclic) bond motifs is 1. The van der Waals surface area contributed by atoms with Crippen LogP contribution in [0, 0.1) is 6.92 Å². The zero-order chi connectivity index (χ0) is 21.3. The van der Waals surface area contributed by atoms with Gasteiger partial charge in [-0.25, -0.2) is 9.97 Å². The first kappa shape index (κ1) is 20.3. The quantitative estimate of drug-likeness (QED) is 0.408. The fourth-order valence-electron chi connectivity index (χ4n) is 3.00. The lowest BCUT2D eigenvalue weighted by Gasteiger charge is -2.26. The van der Waals surface area contributed by atoms with E-state index in [9.17, 15) is 4.79 Å². The molecule has 7 heteroatoms. The molecule has 0 radical (unpaired) electrons. The third-order valence-electron chi connectivity index (χ3n) is 4.71. The number of aromatic nitrogens is 2. The number of pyridine rings is 1. The van der Waals surface area contributed by atoms with Gasteiger partial charge in [0.1, 0.15) is 21.1 Å². The van der Waals surface area contributed by atoms with Crippen LogP contribution in [0.4, 0.5) is 5.69 Å². The number of thiazole rings is 1. The van der Waals surface area contributed by atoms with Gasteiger partial charge in [-0.1, -0.05) is 35.1 Å². The standard InChI is InChI=1S/C23H20ClN3O2S/c1-14-17(20-26-19-8-5-13-25-21(19)30-20)6-4-7-18(14)27-22(28)23(2,3)29-16-11-9-15(24)10-12-16/h4-13H,1-3H3,(H,27,28). The van der Waals surface area contributed by atoms with Gasteiger partial charge in [-0.3, -0.25) is 4.79 Å². The number of benzene rings is 2. The van der Waals surface area contributed by atoms with Gasteiger partial charge in [-0.05, 0) is 68.8 Å². The maximum Gasteiger partial charge on any atom is 0.267 e. The van der Waals surface area contributed by atoms with Crippen molar-refractivity contribution in [1.82, 2.24) is 9.97 Å². The first-order chi connectivity index (χ1) is 14.3. The van der Waals surface area contributed by atoms with Crippen molar-refractivity contribution in [1.29, 1.82) is 0 Å². The van der Waals surface area contributed by atoms with Crippen LogP contribution >= 0.6 is 22.9 Å². The molecule has 0 saturated carbocycles. The summed E-state index contributed by atoms with van der Waals surface area (Å²) in [6, 6.07) is 16.5. The number of amides is 1. The topological polar surface area (TPSA) is 64.1 Å². The SMILES string of the molecule is Cc1c(NC(=O)C(C)(C)Oc2ccc(Cl)cc2)cccc1-c1nc2cccnc2s1. The van der Waals surface area contributed by atoms with Crippen LogP contribution < -0.4 is 10.1 Å². The number of anilines is 1. The summed E-state index contributed by atoms with van der Waals surface area (Å²) < 4.78 is 5.90. The van der Waals surface area contributed by atoms with Crippen LogP contribution in [0.1, 0.15) is 19.4 Å². The molecule has 0 fully saturated rings. The molecule has 0 spiro atoms. The summed E-state index contributed by atoms with van der Waals surface area (Å²) in [5.74, 6) is 0.329. The fourth-order valence-corrected chi connectivity index (χ4v) is 4.12. The lowest BCUT2D eigenvalue weighted by atomic mass is 10.0. The molecule has 1 amide bonds. The van der Waals surface area contributed by atoms with Crippen molar-refractivity contribution in [3.05, 3.63) is 71.4 Å². The number of carbonyl (C=O) groups is 1. The maximum atomic E-state index is 13.0. The van der Waals surface area contributed by atoms with E-state index in [0.717, 1.165) is 32.2 Å². The van der Waals surface area contributed by atoms with E-state index in [1.165, 1.54) is 11.3 Å². The van der Waals surface area contributed by atoms with Crippen molar-refractivity contribution >= 4 is 44.9 Å². The van der Waals surface area contributed by atoms with Crippen molar-refractivity contribution in [2.24, 2.45) is 0 Å². The van der Waals surface area contributed by atoms with E-state index >= 15 is 0 Å². The number of rotatable bonds is 5. The monoisotopic (exact) mass is 437 g/mol. The average molecular weight is 438 g/mol. The lowest BCUT2D eigenvalue weighted by molar-refractivity contribution is -0.128. The molecular formula is C23H20ClN3O2S. The zero-order valence-corrected chi connectivity index (χ0v) is 18.3. The minimum atomic E-state index is -1.07. The van der Waals surface area contributed by atoms with Gasteiger partial charge in [0.25, 0.3) is 5.91 Å². The molecule has 0 bridgehead atoms. The summed E-state index contributed by atoms with van der Waals surface area (Å²) in [6.45, 7) is 5.43. The molecule has 5 nitrogen and oxygen atoms in total. The summed E-state index contributed by atoms with van der Waals surface area (Å²) in [5, 5.41) is 4.48. The third kappa shape index (κ3) is 4.15. The molecule has 0 saturated heterocycles. The molecule has 1 N–H and O–H groups in total. The van der Waals surface area contributed by atoms with E-state index < -0.39 is 5.60 Å². The number of ether oxygens (including phenoxy) is 1. The van der Waals surface area contributed by atoms with Crippen LogP contribution in [0.3, 0.4) is 0 Å². The van der Waals surface area contributed by atoms with Gasteiger partial charge < -0.3 is 10.1 Å². The first-order valence-corrected chi connectivity index (χ1v) is 10.6. The minimum absolute atomic E-state index is 0.247. The molecule has 2 aromatic heterocycles. The Balaban J connectivity index is 1.57. The second-order valence-electron chi connectivity index (χ2n) is 7.35. The number of hydrogen-bond donors (Lipinski definition) is 1. The van der Waals surface area contributed by atoms with Crippen molar-refractivity contribution in [2.45, 2.75) is 26.4 Å². The Morgan fingerprint density at radius 1 is 1.10 bits per heavy atom. The van der Waals surface area contributed by atoms with E-state index in [1.54, 1.807) is 44.3 Å². The highest BCUT2D eigenvalue weighted by atomic mass is 35.5. The van der Waals surface area contributed by atoms with E-state index in [0.29, 0.717) is 10.8 Å². The van der Waals surface area contributed by atoms with Gasteiger partial charge in [-0.2, -0.15) is 0 Å². The van der Waals surface area contributed by atoms with E-state index in [4.69, 9.17) is 16.3 Å². The lowest BCUT2D eigenvalue weighted by Crippen LogP contribution is -2.42. The summed E-state index contributed by atoms with van der Waals surface area (Å²) in [4.78, 5) is 22.9. The molecule has 0 atom stereocenters. The Bertz CT molecular complexity index is 1190. The summed E-state index contributed by atoms with van der Waals surface area (Å²) >= 11 is 7.45. The van der Waals surface area contributed by atoms with Crippen LogP contribution in [0.15, 0.2) is 60.8 Å². The second-order valence-corrected chi connectivity index (χ2v) is 8.76. The third-order valence-corrected chi connectivity index (χ3v) is 5.98. The van der Waals surface area contributed by atoms with Gasteiger partial charge >= 0.3 is 0 Å². The predicted octanol–water partition coefficient (Wildman–Crippen LogP) is 6.12. The molecule has 152 valence electrons. The molecule has 0 aliphatic heterocycles. The summed E-state index contributed by atoms with van der Waals surface area (Å²) in [7, 11) is 0. The number of halogens is 1. The predicted molar refractivity (Wildman–Crippen MR) is 122 cm³/mol. The van der Waals surface area contributed by atoms with E-state index in [2.05, 4.69) is 15.3 Å². The molecule has 2 aromatic carbocycles. The smallest absolute Gasteiger partial charge is 0.267 e. The average Bonchev–Trinajstić information content (AvgIpc) is 3.15. The Hall–Kier alpha value is -2.96. The van der Waals surface area contributed by atoms with Crippen LogP contribution in [0.5, 0.6) is 5.75 Å². The number of carbonyl (C=O) groups excluding carboxylic acids is 1. The summed E-state index contributed by atoms with van der Waals surface area (Å²) in [5.41, 5.74) is 2.41. The van der Waals surface area contributed by atoms with Gasteiger partial charge in [0.15, 0.2) is 5.60 Å². The van der Waals surface area contributed by atoms with Crippen LogP contribution in [-0.4, -0.2) is 21.5 Å². The molecule has 0 unspecified atom stereocenters. The molecule has 0 aliphatic rings. The molecule has 4 aromatic rings. The summed E-state index contributed by atoms with van der Waals surface area (Å²) in [6.07, 6.45) is 1.76. The largest absolute Gasteiger partial charge is 0.478 e. The van der Waals surface area contributed by atoms with Gasteiger partial charge in [0.2, 0.25) is 0 Å². The minimum Gasteiger partial charge on any atom is -0.478 e. The van der Waals surface area contributed by atoms with Crippen molar-refractivity contribution < 1.29 is 9.53 Å². The Morgan fingerprint density at radius 2 is 1.87 bits per heavy atom. The Kier molecular flexibility index (Phi) is 5.45. The normalized spacial score (nSPS) is 11.5. The molecule has 2 heterocycles. The Labute approximate surface area is 183 Å². The van der Waals surface area contributed by atoms with Gasteiger partial charge in [0, 0.05) is 22.5 Å². The first-order valence-electron chi connectivity index (χ1n) is 9.41. The van der Waals surface area contributed by atoms with Crippen LogP contribution in [-0.2, 0) is 4.79 Å². The van der Waals surface area contributed by atoms with Crippen molar-refractivity contribution in [2.75, 3.05) is 5.32 Å². The van der Waals surface area contributed by atoms with Crippen molar-refractivity contribution in [3.63, 3.8) is 0 Å². The number of hydrogen-bond acceptors (Lipinski definition) is 5. The number of nitrogens with one attached hydrogen (secondary N) is 1. The maximum absolute atomic E-state index is 13.0. The van der Waals surface area contributed by atoms with Crippen LogP contribution in [0.25, 0.3) is 20.9 Å². The molecular weight excluding hydrogens is 418 g/mol. The molecule has 0 aliphatic carbocycles. The molecule has 4 rings (SSSR count). The highest BCUT2D eigenvalue weighted by molar-refractivity contribution is 7.21. The fraction of sp³-hybridized carbons (Fsp3) is 0.174. The van der Waals surface area contributed by atoms with Crippen LogP contribution in [0.2, 0.25) is 5.02 Å². The van der Waals surface area contributed by atoms with Gasteiger partial charge in [-0.15, -0.1) is 0 Å².